The van der Waals surface area contributed by atoms with Crippen LogP contribution in [-0.2, 0) is 0 Å². The second-order valence-corrected chi connectivity index (χ2v) is 4.65. The maximum Gasteiger partial charge on any atom is 0.160 e. The van der Waals surface area contributed by atoms with Crippen molar-refractivity contribution >= 4 is 44.3 Å². The van der Waals surface area contributed by atoms with Crippen LogP contribution < -0.4 is 0 Å². The number of ketones is 1. The Labute approximate surface area is 93.8 Å². The molecule has 0 amide bonds. The van der Waals surface area contributed by atoms with Gasteiger partial charge in [0, 0.05) is 13.6 Å². The van der Waals surface area contributed by atoms with E-state index in [0.717, 1.165) is 19.2 Å². The highest BCUT2D eigenvalue weighted by Gasteiger charge is 2.06. The topological polar surface area (TPSA) is 17.1 Å². The van der Waals surface area contributed by atoms with Crippen molar-refractivity contribution in [3.8, 4) is 0 Å². The molecule has 3 heteroatoms. The summed E-state index contributed by atoms with van der Waals surface area (Å²) >= 11 is 5.57. The van der Waals surface area contributed by atoms with Crippen molar-refractivity contribution in [2.24, 2.45) is 0 Å². The molecular formula is C9H8BrIO. The molecule has 1 rings (SSSR count). The van der Waals surface area contributed by atoms with Crippen molar-refractivity contribution < 1.29 is 4.79 Å². The second kappa shape index (κ2) is 3.87. The van der Waals surface area contributed by atoms with E-state index in [0.29, 0.717) is 0 Å². The van der Waals surface area contributed by atoms with Gasteiger partial charge in [0.1, 0.15) is 0 Å². The van der Waals surface area contributed by atoms with Crippen molar-refractivity contribution in [1.29, 1.82) is 0 Å². The van der Waals surface area contributed by atoms with E-state index in [9.17, 15) is 4.79 Å². The summed E-state index contributed by atoms with van der Waals surface area (Å²) in [7, 11) is 0. The van der Waals surface area contributed by atoms with E-state index in [-0.39, 0.29) is 5.78 Å². The average molecular weight is 339 g/mol. The Balaban J connectivity index is 3.33. The van der Waals surface area contributed by atoms with Crippen molar-refractivity contribution in [3.05, 3.63) is 31.3 Å². The SMILES string of the molecule is CC(=O)c1cc(Br)c(C)cc1I. The molecule has 0 heterocycles. The van der Waals surface area contributed by atoms with Crippen LogP contribution in [0.4, 0.5) is 0 Å². The van der Waals surface area contributed by atoms with Crippen LogP contribution in [0.3, 0.4) is 0 Å². The summed E-state index contributed by atoms with van der Waals surface area (Å²) in [6.07, 6.45) is 0. The summed E-state index contributed by atoms with van der Waals surface area (Å²) in [4.78, 5) is 11.1. The second-order valence-electron chi connectivity index (χ2n) is 2.64. The fraction of sp³-hybridized carbons (Fsp3) is 0.222. The standard InChI is InChI=1S/C9H8BrIO/c1-5-3-9(11)7(6(2)12)4-8(5)10/h3-4H,1-2H3. The van der Waals surface area contributed by atoms with Crippen molar-refractivity contribution in [1.82, 2.24) is 0 Å². The highest BCUT2D eigenvalue weighted by molar-refractivity contribution is 14.1. The summed E-state index contributed by atoms with van der Waals surface area (Å²) in [6, 6.07) is 3.88. The molecule has 0 saturated heterocycles. The van der Waals surface area contributed by atoms with Crippen molar-refractivity contribution in [3.63, 3.8) is 0 Å². The summed E-state index contributed by atoms with van der Waals surface area (Å²) in [5, 5.41) is 0. The van der Waals surface area contributed by atoms with Gasteiger partial charge in [-0.25, -0.2) is 0 Å². The Hall–Kier alpha value is 0.1000. The third kappa shape index (κ3) is 2.07. The molecule has 1 aromatic rings. The maximum atomic E-state index is 11.1. The molecule has 0 aliphatic rings. The van der Waals surface area contributed by atoms with Crippen LogP contribution in [0, 0.1) is 10.5 Å². The van der Waals surface area contributed by atoms with E-state index in [1.807, 2.05) is 19.1 Å². The lowest BCUT2D eigenvalue weighted by atomic mass is 10.1. The lowest BCUT2D eigenvalue weighted by Crippen LogP contribution is -1.96. The quantitative estimate of drug-likeness (QED) is 0.565. The van der Waals surface area contributed by atoms with E-state index in [1.54, 1.807) is 6.92 Å². The normalized spacial score (nSPS) is 10.0. The fourth-order valence-electron chi connectivity index (χ4n) is 0.916. The molecule has 0 atom stereocenters. The Bertz CT molecular complexity index is 334. The van der Waals surface area contributed by atoms with Gasteiger partial charge in [-0.15, -0.1) is 0 Å². The first-order valence-electron chi connectivity index (χ1n) is 3.49. The monoisotopic (exact) mass is 338 g/mol. The molecule has 0 spiro atoms. The van der Waals surface area contributed by atoms with Gasteiger partial charge in [0.25, 0.3) is 0 Å². The lowest BCUT2D eigenvalue weighted by molar-refractivity contribution is 0.101. The zero-order chi connectivity index (χ0) is 9.30. The first-order chi connectivity index (χ1) is 5.52. The molecule has 0 N–H and O–H groups in total. The first-order valence-corrected chi connectivity index (χ1v) is 5.36. The van der Waals surface area contributed by atoms with Crippen LogP contribution in [-0.4, -0.2) is 5.78 Å². The fourth-order valence-corrected chi connectivity index (χ4v) is 2.26. The smallest absolute Gasteiger partial charge is 0.160 e. The van der Waals surface area contributed by atoms with Gasteiger partial charge in [0.05, 0.1) is 0 Å². The summed E-state index contributed by atoms with van der Waals surface area (Å²) < 4.78 is 2.01. The number of carbonyl (C=O) groups excluding carboxylic acids is 1. The molecule has 12 heavy (non-hydrogen) atoms. The van der Waals surface area contributed by atoms with Gasteiger partial charge in [-0.05, 0) is 54.1 Å². The predicted octanol–water partition coefficient (Wildman–Crippen LogP) is 3.56. The minimum absolute atomic E-state index is 0.111. The number of aryl methyl sites for hydroxylation is 1. The highest BCUT2D eigenvalue weighted by Crippen LogP contribution is 2.22. The molecule has 0 fully saturated rings. The van der Waals surface area contributed by atoms with Crippen LogP contribution in [0.2, 0.25) is 0 Å². The van der Waals surface area contributed by atoms with Crippen LogP contribution in [0.1, 0.15) is 22.8 Å². The van der Waals surface area contributed by atoms with Crippen LogP contribution in [0.25, 0.3) is 0 Å². The van der Waals surface area contributed by atoms with E-state index in [1.165, 1.54) is 0 Å². The van der Waals surface area contributed by atoms with Crippen molar-refractivity contribution in [2.75, 3.05) is 0 Å². The summed E-state index contributed by atoms with van der Waals surface area (Å²) in [5.41, 5.74) is 1.94. The van der Waals surface area contributed by atoms with Gasteiger partial charge >= 0.3 is 0 Å². The molecule has 0 aliphatic heterocycles. The number of hydrogen-bond acceptors (Lipinski definition) is 1. The van der Waals surface area contributed by atoms with E-state index in [4.69, 9.17) is 0 Å². The Morgan fingerprint density at radius 3 is 2.58 bits per heavy atom. The molecule has 0 radical (unpaired) electrons. The number of halogens is 2. The molecule has 0 aliphatic carbocycles. The Morgan fingerprint density at radius 2 is 2.08 bits per heavy atom. The number of Topliss-reactive ketones (excluding diaryl/α,β-unsaturated/α-hetero) is 1. The highest BCUT2D eigenvalue weighted by atomic mass is 127. The average Bonchev–Trinajstić information content (AvgIpc) is 1.96. The number of carbonyl (C=O) groups is 1. The Morgan fingerprint density at radius 1 is 1.50 bits per heavy atom. The molecule has 0 bridgehead atoms. The van der Waals surface area contributed by atoms with Gasteiger partial charge in [-0.3, -0.25) is 4.79 Å². The minimum Gasteiger partial charge on any atom is -0.294 e. The Kier molecular flexibility index (Phi) is 3.29. The first kappa shape index (κ1) is 10.2. The predicted molar refractivity (Wildman–Crippen MR) is 61.6 cm³/mol. The third-order valence-electron chi connectivity index (χ3n) is 1.63. The van der Waals surface area contributed by atoms with Crippen LogP contribution >= 0.6 is 38.5 Å². The van der Waals surface area contributed by atoms with Gasteiger partial charge < -0.3 is 0 Å². The van der Waals surface area contributed by atoms with Gasteiger partial charge in [0.2, 0.25) is 0 Å². The van der Waals surface area contributed by atoms with Gasteiger partial charge in [0.15, 0.2) is 5.78 Å². The molecule has 0 unspecified atom stereocenters. The number of rotatable bonds is 1. The maximum absolute atomic E-state index is 11.1. The van der Waals surface area contributed by atoms with E-state index < -0.39 is 0 Å². The zero-order valence-corrected chi connectivity index (χ0v) is 10.6. The number of hydrogen-bond donors (Lipinski definition) is 0. The number of benzene rings is 1. The van der Waals surface area contributed by atoms with E-state index >= 15 is 0 Å². The zero-order valence-electron chi connectivity index (χ0n) is 6.82. The molecule has 1 nitrogen and oxygen atoms in total. The largest absolute Gasteiger partial charge is 0.294 e. The molecule has 0 saturated carbocycles. The van der Waals surface area contributed by atoms with Gasteiger partial charge in [-0.1, -0.05) is 15.9 Å². The molecule has 0 aromatic heterocycles. The molecule has 64 valence electrons. The van der Waals surface area contributed by atoms with Crippen LogP contribution in [0.15, 0.2) is 16.6 Å². The van der Waals surface area contributed by atoms with Crippen molar-refractivity contribution in [2.45, 2.75) is 13.8 Å². The summed E-state index contributed by atoms with van der Waals surface area (Å²) in [5.74, 6) is 0.111. The minimum atomic E-state index is 0.111. The third-order valence-corrected chi connectivity index (χ3v) is 3.37. The molecular weight excluding hydrogens is 331 g/mol. The summed E-state index contributed by atoms with van der Waals surface area (Å²) in [6.45, 7) is 3.59. The molecule has 1 aromatic carbocycles. The lowest BCUT2D eigenvalue weighted by Gasteiger charge is -2.03. The van der Waals surface area contributed by atoms with Crippen LogP contribution in [0.5, 0.6) is 0 Å². The van der Waals surface area contributed by atoms with E-state index in [2.05, 4.69) is 38.5 Å². The van der Waals surface area contributed by atoms with Gasteiger partial charge in [-0.2, -0.15) is 0 Å².